The Hall–Kier alpha value is -2.62. The highest BCUT2D eigenvalue weighted by molar-refractivity contribution is 5.58. The van der Waals surface area contributed by atoms with Gasteiger partial charge in [-0.05, 0) is 49.6 Å². The van der Waals surface area contributed by atoms with Gasteiger partial charge in [-0.25, -0.2) is 0 Å². The molecule has 30 heavy (non-hydrogen) atoms. The molecule has 1 spiro atoms. The molecule has 0 aromatic heterocycles. The van der Waals surface area contributed by atoms with E-state index < -0.39 is 5.79 Å². The third-order valence-corrected chi connectivity index (χ3v) is 6.62. The van der Waals surface area contributed by atoms with Crippen LogP contribution in [0.5, 0.6) is 23.0 Å². The first-order chi connectivity index (χ1) is 13.9. The summed E-state index contributed by atoms with van der Waals surface area (Å²) in [7, 11) is 0. The number of fused-ring (bicyclic) bond motifs is 2. The molecule has 0 saturated carbocycles. The van der Waals surface area contributed by atoms with Crippen LogP contribution in [0.3, 0.4) is 0 Å². The van der Waals surface area contributed by atoms with Crippen LogP contribution < -0.4 is 9.47 Å². The number of rotatable bonds is 2. The zero-order valence-electron chi connectivity index (χ0n) is 18.8. The molecule has 2 N–H and O–H groups in total. The summed E-state index contributed by atoms with van der Waals surface area (Å²) in [6.45, 7) is 16.4. The Morgan fingerprint density at radius 2 is 1.53 bits per heavy atom. The third kappa shape index (κ3) is 3.05. The van der Waals surface area contributed by atoms with Gasteiger partial charge in [0, 0.05) is 40.4 Å². The predicted molar refractivity (Wildman–Crippen MR) is 119 cm³/mol. The minimum absolute atomic E-state index is 0.234. The van der Waals surface area contributed by atoms with Crippen LogP contribution >= 0.6 is 0 Å². The van der Waals surface area contributed by atoms with E-state index in [0.29, 0.717) is 25.0 Å². The van der Waals surface area contributed by atoms with Gasteiger partial charge in [0.2, 0.25) is 0 Å². The first-order valence-corrected chi connectivity index (χ1v) is 10.6. The van der Waals surface area contributed by atoms with Crippen molar-refractivity contribution in [2.75, 3.05) is 0 Å². The molecule has 1 atom stereocenters. The van der Waals surface area contributed by atoms with Gasteiger partial charge in [0.1, 0.15) is 23.0 Å². The van der Waals surface area contributed by atoms with Crippen molar-refractivity contribution in [3.8, 4) is 23.0 Å². The van der Waals surface area contributed by atoms with Gasteiger partial charge in [-0.3, -0.25) is 0 Å². The quantitative estimate of drug-likeness (QED) is 0.602. The lowest BCUT2D eigenvalue weighted by Crippen LogP contribution is -2.55. The lowest BCUT2D eigenvalue weighted by atomic mass is 9.68. The average Bonchev–Trinajstić information content (AvgIpc) is 2.59. The van der Waals surface area contributed by atoms with Gasteiger partial charge in [0.05, 0.1) is 0 Å². The molecule has 4 heteroatoms. The highest BCUT2D eigenvalue weighted by Crippen LogP contribution is 2.56. The first-order valence-electron chi connectivity index (χ1n) is 10.6. The molecule has 2 aliphatic heterocycles. The molecule has 0 saturated heterocycles. The Kier molecular flexibility index (Phi) is 4.43. The maximum atomic E-state index is 10.7. The minimum atomic E-state index is -0.814. The summed E-state index contributed by atoms with van der Waals surface area (Å²) in [5, 5.41) is 21.0. The molecule has 0 bridgehead atoms. The van der Waals surface area contributed by atoms with Crippen LogP contribution in [0.1, 0.15) is 68.4 Å². The van der Waals surface area contributed by atoms with Gasteiger partial charge in [0.15, 0.2) is 0 Å². The summed E-state index contributed by atoms with van der Waals surface area (Å²) in [4.78, 5) is 0. The van der Waals surface area contributed by atoms with Crippen LogP contribution in [0, 0.1) is 13.8 Å². The van der Waals surface area contributed by atoms with Gasteiger partial charge in [-0.15, -0.1) is 6.58 Å². The molecule has 2 heterocycles. The molecule has 0 radical (unpaired) electrons. The number of hydrogen-bond acceptors (Lipinski definition) is 4. The summed E-state index contributed by atoms with van der Waals surface area (Å²) in [6.07, 6.45) is 3.72. The Labute approximate surface area is 179 Å². The monoisotopic (exact) mass is 408 g/mol. The van der Waals surface area contributed by atoms with E-state index in [4.69, 9.17) is 9.47 Å². The predicted octanol–water partition coefficient (Wildman–Crippen LogP) is 5.96. The normalized spacial score (nSPS) is 23.1. The molecule has 0 amide bonds. The van der Waals surface area contributed by atoms with Gasteiger partial charge in [-0.2, -0.15) is 0 Å². The van der Waals surface area contributed by atoms with E-state index >= 15 is 0 Å². The standard InChI is InChI=1S/C26H32O4/c1-8-9-17-22-21(11-16(3)23(17)28)30-26(14-25(22,6)7)13-24(4,5)18-12-19(27)15(2)10-20(18)29-26/h8,10-12,27-28H,1,9,13-14H2,2-7H3. The zero-order chi connectivity index (χ0) is 22.1. The van der Waals surface area contributed by atoms with Crippen LogP contribution in [-0.2, 0) is 17.3 Å². The maximum Gasteiger partial charge on any atom is 0.252 e. The van der Waals surface area contributed by atoms with Crippen molar-refractivity contribution >= 4 is 0 Å². The lowest BCUT2D eigenvalue weighted by Gasteiger charge is -2.51. The van der Waals surface area contributed by atoms with Gasteiger partial charge >= 0.3 is 0 Å². The summed E-state index contributed by atoms with van der Waals surface area (Å²) >= 11 is 0. The molecule has 4 rings (SSSR count). The topological polar surface area (TPSA) is 58.9 Å². The molecule has 2 aromatic rings. The lowest BCUT2D eigenvalue weighted by molar-refractivity contribution is -0.166. The van der Waals surface area contributed by atoms with E-state index in [9.17, 15) is 10.2 Å². The zero-order valence-corrected chi connectivity index (χ0v) is 18.8. The number of aryl methyl sites for hydroxylation is 2. The Bertz CT molecular complexity index is 1050. The van der Waals surface area contributed by atoms with E-state index in [1.54, 1.807) is 0 Å². The molecule has 160 valence electrons. The van der Waals surface area contributed by atoms with Crippen LogP contribution in [0.4, 0.5) is 0 Å². The smallest absolute Gasteiger partial charge is 0.252 e. The second-order valence-electron chi connectivity index (χ2n) is 10.3. The van der Waals surface area contributed by atoms with Gasteiger partial charge < -0.3 is 19.7 Å². The summed E-state index contributed by atoms with van der Waals surface area (Å²) < 4.78 is 13.2. The van der Waals surface area contributed by atoms with Crippen molar-refractivity contribution in [3.63, 3.8) is 0 Å². The molecular weight excluding hydrogens is 376 g/mol. The number of aromatic hydroxyl groups is 2. The van der Waals surface area contributed by atoms with Crippen molar-refractivity contribution in [1.29, 1.82) is 0 Å². The largest absolute Gasteiger partial charge is 0.508 e. The Balaban J connectivity index is 1.88. The molecular formula is C26H32O4. The molecule has 2 aromatic carbocycles. The SMILES string of the molecule is C=CCc1c(O)c(C)cc2c1C(C)(C)CC1(CC(C)(C)c3cc(O)c(C)cc3O1)O2. The van der Waals surface area contributed by atoms with E-state index in [1.807, 2.05) is 38.1 Å². The van der Waals surface area contributed by atoms with Gasteiger partial charge in [-0.1, -0.05) is 33.8 Å². The van der Waals surface area contributed by atoms with Crippen molar-refractivity contribution in [2.45, 2.75) is 77.4 Å². The fourth-order valence-corrected chi connectivity index (χ4v) is 5.45. The van der Waals surface area contributed by atoms with Crippen molar-refractivity contribution in [3.05, 3.63) is 58.7 Å². The second kappa shape index (κ2) is 6.44. The van der Waals surface area contributed by atoms with Crippen LogP contribution in [0.2, 0.25) is 0 Å². The molecule has 4 nitrogen and oxygen atoms in total. The van der Waals surface area contributed by atoms with Gasteiger partial charge in [0.25, 0.3) is 5.79 Å². The number of phenols is 2. The van der Waals surface area contributed by atoms with E-state index in [-0.39, 0.29) is 16.6 Å². The number of allylic oxidation sites excluding steroid dienone is 1. The number of hydrogen-bond donors (Lipinski definition) is 2. The Morgan fingerprint density at radius 1 is 0.933 bits per heavy atom. The third-order valence-electron chi connectivity index (χ3n) is 6.62. The number of phenolic OH excluding ortho intramolecular Hbond substituents is 2. The highest BCUT2D eigenvalue weighted by atomic mass is 16.7. The molecule has 2 aliphatic rings. The van der Waals surface area contributed by atoms with Crippen molar-refractivity contribution < 1.29 is 19.7 Å². The first kappa shape index (κ1) is 20.6. The summed E-state index contributed by atoms with van der Waals surface area (Å²) in [5.41, 5.74) is 3.98. The van der Waals surface area contributed by atoms with E-state index in [0.717, 1.165) is 39.3 Å². The van der Waals surface area contributed by atoms with Crippen LogP contribution in [-0.4, -0.2) is 16.0 Å². The molecule has 1 unspecified atom stereocenters. The molecule has 0 aliphatic carbocycles. The minimum Gasteiger partial charge on any atom is -0.508 e. The molecule has 0 fully saturated rings. The van der Waals surface area contributed by atoms with E-state index in [1.165, 1.54) is 0 Å². The summed E-state index contributed by atoms with van der Waals surface area (Å²) in [5.74, 6) is 1.33. The van der Waals surface area contributed by atoms with Crippen molar-refractivity contribution in [1.82, 2.24) is 0 Å². The number of ether oxygens (including phenoxy) is 2. The second-order valence-corrected chi connectivity index (χ2v) is 10.3. The van der Waals surface area contributed by atoms with Crippen molar-refractivity contribution in [2.24, 2.45) is 0 Å². The van der Waals surface area contributed by atoms with Crippen LogP contribution in [0.15, 0.2) is 30.9 Å². The number of benzene rings is 2. The fraction of sp³-hybridized carbons (Fsp3) is 0.462. The average molecular weight is 409 g/mol. The fourth-order valence-electron chi connectivity index (χ4n) is 5.45. The summed E-state index contributed by atoms with van der Waals surface area (Å²) in [6, 6.07) is 5.65. The maximum absolute atomic E-state index is 10.7. The van der Waals surface area contributed by atoms with Crippen LogP contribution in [0.25, 0.3) is 0 Å². The van der Waals surface area contributed by atoms with E-state index in [2.05, 4.69) is 34.3 Å². The highest BCUT2D eigenvalue weighted by Gasteiger charge is 2.54. The Morgan fingerprint density at radius 3 is 2.20 bits per heavy atom.